The number of hydrogen-bond donors (Lipinski definition) is 1. The summed E-state index contributed by atoms with van der Waals surface area (Å²) in [6.45, 7) is 3.05. The summed E-state index contributed by atoms with van der Waals surface area (Å²) in [4.78, 5) is 0. The van der Waals surface area contributed by atoms with Crippen molar-refractivity contribution in [1.29, 1.82) is 0 Å². The van der Waals surface area contributed by atoms with Crippen molar-refractivity contribution in [3.05, 3.63) is 35.1 Å². The van der Waals surface area contributed by atoms with E-state index in [0.717, 1.165) is 12.5 Å². The average molecular weight is 245 g/mol. The molecule has 94 valence electrons. The predicted octanol–water partition coefficient (Wildman–Crippen LogP) is 2.54. The molecule has 1 aromatic carbocycles. The SMILES string of the molecule is CCC1CNCC(c2cc(F)c(F)cc2F)O1. The molecule has 0 aliphatic carbocycles. The van der Waals surface area contributed by atoms with E-state index in [2.05, 4.69) is 5.32 Å². The zero-order chi connectivity index (χ0) is 12.4. The van der Waals surface area contributed by atoms with Gasteiger partial charge in [-0.25, -0.2) is 13.2 Å². The summed E-state index contributed by atoms with van der Waals surface area (Å²) in [5.41, 5.74) is 0.0644. The summed E-state index contributed by atoms with van der Waals surface area (Å²) < 4.78 is 45.0. The Labute approximate surface area is 97.8 Å². The van der Waals surface area contributed by atoms with Gasteiger partial charge in [0.2, 0.25) is 0 Å². The van der Waals surface area contributed by atoms with Gasteiger partial charge in [0.05, 0.1) is 12.2 Å². The highest BCUT2D eigenvalue weighted by molar-refractivity contribution is 5.23. The van der Waals surface area contributed by atoms with Crippen molar-refractivity contribution in [3.8, 4) is 0 Å². The molecule has 0 spiro atoms. The molecule has 1 aromatic rings. The van der Waals surface area contributed by atoms with Crippen molar-refractivity contribution < 1.29 is 17.9 Å². The topological polar surface area (TPSA) is 21.3 Å². The first-order valence-corrected chi connectivity index (χ1v) is 5.62. The number of hydrogen-bond acceptors (Lipinski definition) is 2. The van der Waals surface area contributed by atoms with Crippen LogP contribution in [0.4, 0.5) is 13.2 Å². The van der Waals surface area contributed by atoms with Crippen LogP contribution in [-0.4, -0.2) is 19.2 Å². The number of rotatable bonds is 2. The fraction of sp³-hybridized carbons (Fsp3) is 0.500. The highest BCUT2D eigenvalue weighted by Gasteiger charge is 2.25. The molecule has 1 N–H and O–H groups in total. The molecule has 1 saturated heterocycles. The maximum absolute atomic E-state index is 13.5. The lowest BCUT2D eigenvalue weighted by atomic mass is 10.1. The number of benzene rings is 1. The molecule has 2 unspecified atom stereocenters. The minimum Gasteiger partial charge on any atom is -0.368 e. The molecular weight excluding hydrogens is 231 g/mol. The van der Waals surface area contributed by atoms with E-state index >= 15 is 0 Å². The second-order valence-corrected chi connectivity index (χ2v) is 4.10. The predicted molar refractivity (Wildman–Crippen MR) is 57.1 cm³/mol. The van der Waals surface area contributed by atoms with Crippen molar-refractivity contribution in [1.82, 2.24) is 5.32 Å². The van der Waals surface area contributed by atoms with Crippen LogP contribution in [-0.2, 0) is 4.74 Å². The lowest BCUT2D eigenvalue weighted by molar-refractivity contribution is -0.0416. The molecule has 1 aliphatic rings. The highest BCUT2D eigenvalue weighted by atomic mass is 19.2. The first-order chi connectivity index (χ1) is 8.11. The Morgan fingerprint density at radius 3 is 2.59 bits per heavy atom. The summed E-state index contributed by atoms with van der Waals surface area (Å²) in [6, 6.07) is 1.43. The molecule has 17 heavy (non-hydrogen) atoms. The van der Waals surface area contributed by atoms with Crippen molar-refractivity contribution in [3.63, 3.8) is 0 Å². The van der Waals surface area contributed by atoms with Crippen LogP contribution in [0.1, 0.15) is 25.0 Å². The number of ether oxygens (including phenoxy) is 1. The van der Waals surface area contributed by atoms with E-state index in [0.29, 0.717) is 19.2 Å². The van der Waals surface area contributed by atoms with Crippen molar-refractivity contribution in [2.24, 2.45) is 0 Å². The smallest absolute Gasteiger partial charge is 0.161 e. The van der Waals surface area contributed by atoms with Crippen LogP contribution in [0.5, 0.6) is 0 Å². The maximum atomic E-state index is 13.5. The van der Waals surface area contributed by atoms with Crippen molar-refractivity contribution in [2.45, 2.75) is 25.6 Å². The van der Waals surface area contributed by atoms with Crippen LogP contribution in [0.3, 0.4) is 0 Å². The quantitative estimate of drug-likeness (QED) is 0.808. The molecule has 0 radical (unpaired) electrons. The Hall–Kier alpha value is -1.07. The zero-order valence-electron chi connectivity index (χ0n) is 9.47. The summed E-state index contributed by atoms with van der Waals surface area (Å²) in [6.07, 6.45) is 0.194. The third kappa shape index (κ3) is 2.61. The van der Waals surface area contributed by atoms with E-state index < -0.39 is 23.6 Å². The van der Waals surface area contributed by atoms with Crippen LogP contribution >= 0.6 is 0 Å². The average Bonchev–Trinajstić information content (AvgIpc) is 2.34. The molecule has 5 heteroatoms. The van der Waals surface area contributed by atoms with E-state index in [1.165, 1.54) is 0 Å². The summed E-state index contributed by atoms with van der Waals surface area (Å²) >= 11 is 0. The Morgan fingerprint density at radius 1 is 1.18 bits per heavy atom. The van der Waals surface area contributed by atoms with Gasteiger partial charge in [0.1, 0.15) is 5.82 Å². The van der Waals surface area contributed by atoms with E-state index in [9.17, 15) is 13.2 Å². The van der Waals surface area contributed by atoms with Gasteiger partial charge in [-0.1, -0.05) is 6.92 Å². The van der Waals surface area contributed by atoms with Gasteiger partial charge < -0.3 is 10.1 Å². The minimum atomic E-state index is -1.18. The molecule has 1 fully saturated rings. The monoisotopic (exact) mass is 245 g/mol. The van der Waals surface area contributed by atoms with Gasteiger partial charge in [-0.05, 0) is 12.5 Å². The first kappa shape index (κ1) is 12.4. The lowest BCUT2D eigenvalue weighted by Crippen LogP contribution is -2.40. The standard InChI is InChI=1S/C12H14F3NO/c1-2-7-5-16-6-12(17-7)8-3-10(14)11(15)4-9(8)13/h3-4,7,12,16H,2,5-6H2,1H3. The van der Waals surface area contributed by atoms with Gasteiger partial charge in [-0.2, -0.15) is 0 Å². The van der Waals surface area contributed by atoms with Crippen LogP contribution in [0.15, 0.2) is 12.1 Å². The summed E-state index contributed by atoms with van der Waals surface area (Å²) in [5, 5.41) is 3.09. The van der Waals surface area contributed by atoms with E-state index in [1.807, 2.05) is 6.92 Å². The van der Waals surface area contributed by atoms with Crippen molar-refractivity contribution >= 4 is 0 Å². The number of morpholine rings is 1. The van der Waals surface area contributed by atoms with E-state index in [4.69, 9.17) is 4.74 Å². The third-order valence-corrected chi connectivity index (χ3v) is 2.90. The van der Waals surface area contributed by atoms with Gasteiger partial charge in [0, 0.05) is 24.7 Å². The normalized spacial score (nSPS) is 24.9. The largest absolute Gasteiger partial charge is 0.368 e. The molecule has 1 aliphatic heterocycles. The Balaban J connectivity index is 2.24. The minimum absolute atomic E-state index is 0.0266. The molecular formula is C12H14F3NO. The molecule has 0 saturated carbocycles. The fourth-order valence-electron chi connectivity index (χ4n) is 1.91. The van der Waals surface area contributed by atoms with Crippen molar-refractivity contribution in [2.75, 3.05) is 13.1 Å². The number of nitrogens with one attached hydrogen (secondary N) is 1. The second kappa shape index (κ2) is 5.06. The third-order valence-electron chi connectivity index (χ3n) is 2.90. The fourth-order valence-corrected chi connectivity index (χ4v) is 1.91. The van der Waals surface area contributed by atoms with E-state index in [1.54, 1.807) is 0 Å². The summed E-state index contributed by atoms with van der Waals surface area (Å²) in [5.74, 6) is -3.00. The second-order valence-electron chi connectivity index (χ2n) is 4.10. The zero-order valence-corrected chi connectivity index (χ0v) is 9.47. The van der Waals surface area contributed by atoms with Gasteiger partial charge in [-0.3, -0.25) is 0 Å². The molecule has 2 atom stereocenters. The van der Waals surface area contributed by atoms with Crippen LogP contribution in [0, 0.1) is 17.5 Å². The van der Waals surface area contributed by atoms with Crippen LogP contribution < -0.4 is 5.32 Å². The van der Waals surface area contributed by atoms with E-state index in [-0.39, 0.29) is 11.7 Å². The Kier molecular flexibility index (Phi) is 3.69. The molecule has 2 rings (SSSR count). The van der Waals surface area contributed by atoms with Crippen LogP contribution in [0.2, 0.25) is 0 Å². The molecule has 2 nitrogen and oxygen atoms in total. The molecule has 0 aromatic heterocycles. The molecule has 1 heterocycles. The van der Waals surface area contributed by atoms with Gasteiger partial charge in [0.25, 0.3) is 0 Å². The highest BCUT2D eigenvalue weighted by Crippen LogP contribution is 2.26. The van der Waals surface area contributed by atoms with Gasteiger partial charge in [-0.15, -0.1) is 0 Å². The molecule has 0 bridgehead atoms. The van der Waals surface area contributed by atoms with Gasteiger partial charge >= 0.3 is 0 Å². The van der Waals surface area contributed by atoms with Crippen LogP contribution in [0.25, 0.3) is 0 Å². The van der Waals surface area contributed by atoms with Gasteiger partial charge in [0.15, 0.2) is 11.6 Å². The first-order valence-electron chi connectivity index (χ1n) is 5.62. The number of halogens is 3. The Bertz CT molecular complexity index is 411. The maximum Gasteiger partial charge on any atom is 0.161 e. The lowest BCUT2D eigenvalue weighted by Gasteiger charge is -2.30. The summed E-state index contributed by atoms with van der Waals surface area (Å²) in [7, 11) is 0. The Morgan fingerprint density at radius 2 is 1.88 bits per heavy atom. The molecule has 0 amide bonds.